The van der Waals surface area contributed by atoms with Crippen LogP contribution in [0, 0.1) is 0 Å². The third kappa shape index (κ3) is 4.53. The number of nitrogens with one attached hydrogen (secondary N) is 1. The minimum atomic E-state index is -0.00483. The van der Waals surface area contributed by atoms with Crippen molar-refractivity contribution in [2.24, 2.45) is 0 Å². The number of benzene rings is 1. The van der Waals surface area contributed by atoms with Crippen LogP contribution >= 0.6 is 0 Å². The van der Waals surface area contributed by atoms with Crippen molar-refractivity contribution in [3.05, 3.63) is 54.4 Å². The average Bonchev–Trinajstić information content (AvgIpc) is 3.22. The van der Waals surface area contributed by atoms with Gasteiger partial charge in [-0.1, -0.05) is 0 Å². The highest BCUT2D eigenvalue weighted by Gasteiger charge is 2.24. The minimum Gasteiger partial charge on any atom is -0.381 e. The van der Waals surface area contributed by atoms with E-state index in [0.717, 1.165) is 48.3 Å². The van der Waals surface area contributed by atoms with E-state index < -0.39 is 0 Å². The lowest BCUT2D eigenvalue weighted by Crippen LogP contribution is -2.46. The van der Waals surface area contributed by atoms with Crippen molar-refractivity contribution in [2.45, 2.75) is 38.8 Å². The highest BCUT2D eigenvalue weighted by molar-refractivity contribution is 5.98. The molecule has 3 aromatic rings. The topological polar surface area (TPSA) is 70.5 Å². The van der Waals surface area contributed by atoms with Crippen LogP contribution in [0.2, 0.25) is 0 Å². The zero-order chi connectivity index (χ0) is 22.8. The quantitative estimate of drug-likeness (QED) is 0.643. The molecular weight excluding hydrogens is 402 g/mol. The molecule has 0 spiro atoms. The van der Waals surface area contributed by atoms with Crippen LogP contribution in [-0.2, 0) is 4.79 Å². The lowest BCUT2D eigenvalue weighted by Gasteiger charge is -2.35. The van der Waals surface area contributed by atoms with E-state index in [1.54, 1.807) is 25.9 Å². The van der Waals surface area contributed by atoms with Gasteiger partial charge in [0, 0.05) is 50.4 Å². The summed E-state index contributed by atoms with van der Waals surface area (Å²) in [4.78, 5) is 32.3. The fourth-order valence-corrected chi connectivity index (χ4v) is 4.27. The third-order valence-corrected chi connectivity index (χ3v) is 6.37. The number of nitrogens with zero attached hydrogens (tertiary/aromatic N) is 4. The van der Waals surface area contributed by atoms with Crippen LogP contribution in [0.5, 0.6) is 0 Å². The molecule has 1 aliphatic heterocycles. The van der Waals surface area contributed by atoms with Crippen LogP contribution in [0.1, 0.15) is 37.0 Å². The van der Waals surface area contributed by atoms with Gasteiger partial charge in [-0.3, -0.25) is 14.5 Å². The van der Waals surface area contributed by atoms with Crippen LogP contribution in [-0.4, -0.2) is 70.3 Å². The van der Waals surface area contributed by atoms with Gasteiger partial charge in [0.2, 0.25) is 0 Å². The van der Waals surface area contributed by atoms with Crippen LogP contribution in [0.15, 0.2) is 48.8 Å². The SMILES string of the molecule is CC(=O)C(C)N1CCC(Nc2ccc(-n3ccc4cc(C(=O)N(C)C)ccc43)nc2)CC1. The van der Waals surface area contributed by atoms with E-state index in [1.807, 2.05) is 54.2 Å². The Morgan fingerprint density at radius 1 is 1.12 bits per heavy atom. The van der Waals surface area contributed by atoms with E-state index in [1.165, 1.54) is 0 Å². The second kappa shape index (κ2) is 9.12. The molecular formula is C25H31N5O2. The predicted octanol–water partition coefficient (Wildman–Crippen LogP) is 3.58. The second-order valence-corrected chi connectivity index (χ2v) is 8.81. The molecule has 7 heteroatoms. The Kier molecular flexibility index (Phi) is 6.28. The maximum absolute atomic E-state index is 12.2. The number of fused-ring (bicyclic) bond motifs is 1. The van der Waals surface area contributed by atoms with E-state index in [9.17, 15) is 9.59 Å². The molecule has 168 valence electrons. The Morgan fingerprint density at radius 3 is 2.50 bits per heavy atom. The van der Waals surface area contributed by atoms with Crippen LogP contribution < -0.4 is 5.32 Å². The van der Waals surface area contributed by atoms with Crippen molar-refractivity contribution in [1.29, 1.82) is 0 Å². The molecule has 1 unspecified atom stereocenters. The lowest BCUT2D eigenvalue weighted by molar-refractivity contribution is -0.121. The van der Waals surface area contributed by atoms with Gasteiger partial charge >= 0.3 is 0 Å². The summed E-state index contributed by atoms with van der Waals surface area (Å²) in [5, 5.41) is 4.59. The number of carbonyl (C=O) groups excluding carboxylic acids is 2. The van der Waals surface area contributed by atoms with Gasteiger partial charge in [-0.25, -0.2) is 4.98 Å². The molecule has 0 saturated carbocycles. The normalized spacial score (nSPS) is 16.1. The molecule has 1 amide bonds. The maximum atomic E-state index is 12.2. The largest absolute Gasteiger partial charge is 0.381 e. The number of Topliss-reactive ketones (excluding diaryl/α,β-unsaturated/α-hetero) is 1. The second-order valence-electron chi connectivity index (χ2n) is 8.81. The first-order valence-corrected chi connectivity index (χ1v) is 11.1. The van der Waals surface area contributed by atoms with E-state index in [0.29, 0.717) is 11.6 Å². The number of carbonyl (C=O) groups is 2. The van der Waals surface area contributed by atoms with E-state index in [2.05, 4.69) is 21.3 Å². The summed E-state index contributed by atoms with van der Waals surface area (Å²) in [6.45, 7) is 5.51. The van der Waals surface area contributed by atoms with Gasteiger partial charge in [0.1, 0.15) is 11.6 Å². The van der Waals surface area contributed by atoms with Crippen LogP contribution in [0.3, 0.4) is 0 Å². The first-order valence-electron chi connectivity index (χ1n) is 11.1. The number of hydrogen-bond donors (Lipinski definition) is 1. The molecule has 1 N–H and O–H groups in total. The molecule has 0 radical (unpaired) electrons. The fourth-order valence-electron chi connectivity index (χ4n) is 4.27. The highest BCUT2D eigenvalue weighted by atomic mass is 16.2. The van der Waals surface area contributed by atoms with Gasteiger partial charge in [0.15, 0.2) is 0 Å². The highest BCUT2D eigenvalue weighted by Crippen LogP contribution is 2.23. The molecule has 0 bridgehead atoms. The molecule has 1 fully saturated rings. The van der Waals surface area contributed by atoms with E-state index in [4.69, 9.17) is 0 Å². The molecule has 7 nitrogen and oxygen atoms in total. The van der Waals surface area contributed by atoms with Crippen LogP contribution in [0.25, 0.3) is 16.7 Å². The summed E-state index contributed by atoms with van der Waals surface area (Å²) in [7, 11) is 3.51. The smallest absolute Gasteiger partial charge is 0.253 e. The van der Waals surface area contributed by atoms with Crippen molar-refractivity contribution in [2.75, 3.05) is 32.5 Å². The number of anilines is 1. The first kappa shape index (κ1) is 22.0. The average molecular weight is 434 g/mol. The van der Waals surface area contributed by atoms with Gasteiger partial charge in [0.25, 0.3) is 5.91 Å². The first-order chi connectivity index (χ1) is 15.3. The molecule has 4 rings (SSSR count). The summed E-state index contributed by atoms with van der Waals surface area (Å²) in [5.74, 6) is 1.06. The number of piperidine rings is 1. The van der Waals surface area contributed by atoms with Gasteiger partial charge in [-0.05, 0) is 63.1 Å². The molecule has 1 saturated heterocycles. The summed E-state index contributed by atoms with van der Waals surface area (Å²) < 4.78 is 2.03. The van der Waals surface area contributed by atoms with Gasteiger partial charge in [-0.2, -0.15) is 0 Å². The van der Waals surface area contributed by atoms with Crippen molar-refractivity contribution in [3.8, 4) is 5.82 Å². The zero-order valence-electron chi connectivity index (χ0n) is 19.2. The van der Waals surface area contributed by atoms with Crippen molar-refractivity contribution in [1.82, 2.24) is 19.4 Å². The molecule has 1 aliphatic rings. The number of pyridine rings is 1. The zero-order valence-corrected chi connectivity index (χ0v) is 19.2. The number of likely N-dealkylation sites (tertiary alicyclic amines) is 1. The Balaban J connectivity index is 1.42. The molecule has 1 atom stereocenters. The monoisotopic (exact) mass is 433 g/mol. The standard InChI is InChI=1S/C25H31N5O2/c1-17(18(2)31)29-12-10-21(11-13-29)27-22-6-8-24(26-16-22)30-14-9-19-15-20(5-7-23(19)30)25(32)28(3)4/h5-9,14-17,21,27H,10-13H2,1-4H3. The molecule has 0 aliphatic carbocycles. The number of amides is 1. The minimum absolute atomic E-state index is 0.00483. The van der Waals surface area contributed by atoms with Gasteiger partial charge < -0.3 is 14.8 Å². The Hall–Kier alpha value is -3.19. The van der Waals surface area contributed by atoms with Crippen LogP contribution in [0.4, 0.5) is 5.69 Å². The summed E-state index contributed by atoms with van der Waals surface area (Å²) in [6, 6.07) is 12.2. The summed E-state index contributed by atoms with van der Waals surface area (Å²) in [5.41, 5.74) is 2.69. The van der Waals surface area contributed by atoms with E-state index >= 15 is 0 Å². The Morgan fingerprint density at radius 2 is 1.88 bits per heavy atom. The summed E-state index contributed by atoms with van der Waals surface area (Å²) in [6.07, 6.45) is 5.87. The van der Waals surface area contributed by atoms with Crippen molar-refractivity contribution >= 4 is 28.3 Å². The Labute approximate surface area is 189 Å². The predicted molar refractivity (Wildman–Crippen MR) is 127 cm³/mol. The number of rotatable bonds is 6. The number of ketones is 1. The number of aromatic nitrogens is 2. The molecule has 3 heterocycles. The summed E-state index contributed by atoms with van der Waals surface area (Å²) >= 11 is 0. The molecule has 2 aromatic heterocycles. The van der Waals surface area contributed by atoms with Crippen molar-refractivity contribution < 1.29 is 9.59 Å². The molecule has 32 heavy (non-hydrogen) atoms. The lowest BCUT2D eigenvalue weighted by atomic mass is 10.0. The van der Waals surface area contributed by atoms with E-state index in [-0.39, 0.29) is 17.7 Å². The van der Waals surface area contributed by atoms with Gasteiger partial charge in [-0.15, -0.1) is 0 Å². The fraction of sp³-hybridized carbons (Fsp3) is 0.400. The third-order valence-electron chi connectivity index (χ3n) is 6.37. The van der Waals surface area contributed by atoms with Gasteiger partial charge in [0.05, 0.1) is 23.4 Å². The molecule has 1 aromatic carbocycles. The maximum Gasteiger partial charge on any atom is 0.253 e. The van der Waals surface area contributed by atoms with Crippen molar-refractivity contribution in [3.63, 3.8) is 0 Å². The number of hydrogen-bond acceptors (Lipinski definition) is 5. The Bertz CT molecular complexity index is 1110.